The smallest absolute Gasteiger partial charge is 0.197 e. The van der Waals surface area contributed by atoms with E-state index in [0.29, 0.717) is 11.6 Å². The highest BCUT2D eigenvalue weighted by molar-refractivity contribution is 6.28. The van der Waals surface area contributed by atoms with E-state index in [-0.39, 0.29) is 11.1 Å². The van der Waals surface area contributed by atoms with E-state index < -0.39 is 28.8 Å². The second-order valence-corrected chi connectivity index (χ2v) is 4.02. The number of carbonyl (C=O) groups is 2. The van der Waals surface area contributed by atoms with Crippen molar-refractivity contribution in [2.45, 2.75) is 0 Å². The van der Waals surface area contributed by atoms with Gasteiger partial charge in [-0.25, -0.2) is 8.78 Å². The molecule has 0 bridgehead atoms. The minimum Gasteiger partial charge on any atom is -0.289 e. The number of hydrogen-bond acceptors (Lipinski definition) is 2. The normalized spacial score (nSPS) is 18.1. The fourth-order valence-corrected chi connectivity index (χ4v) is 2.10. The zero-order valence-electron chi connectivity index (χ0n) is 9.04. The molecule has 0 saturated heterocycles. The Morgan fingerprint density at radius 1 is 0.944 bits per heavy atom. The van der Waals surface area contributed by atoms with Gasteiger partial charge in [0, 0.05) is 17.2 Å². The van der Waals surface area contributed by atoms with E-state index in [4.69, 9.17) is 0 Å². The van der Waals surface area contributed by atoms with Crippen LogP contribution in [-0.2, 0) is 4.79 Å². The summed E-state index contributed by atoms with van der Waals surface area (Å²) in [5, 5.41) is 0. The lowest BCUT2D eigenvalue weighted by Crippen LogP contribution is -2.20. The molecule has 0 N–H and O–H groups in total. The lowest BCUT2D eigenvalue weighted by Gasteiger charge is -2.20. The van der Waals surface area contributed by atoms with Gasteiger partial charge in [0.2, 0.25) is 0 Å². The van der Waals surface area contributed by atoms with Gasteiger partial charge in [-0.15, -0.1) is 0 Å². The van der Waals surface area contributed by atoms with Gasteiger partial charge in [0.05, 0.1) is 5.57 Å². The van der Waals surface area contributed by atoms with Gasteiger partial charge in [-0.3, -0.25) is 9.59 Å². The third kappa shape index (κ3) is 1.32. The molecule has 2 nitrogen and oxygen atoms in total. The summed E-state index contributed by atoms with van der Waals surface area (Å²) in [5.74, 6) is -3.90. The Labute approximate surface area is 101 Å². The highest BCUT2D eigenvalue weighted by Crippen LogP contribution is 2.36. The van der Waals surface area contributed by atoms with Crippen molar-refractivity contribution in [3.8, 4) is 0 Å². The molecule has 1 aromatic rings. The maximum atomic E-state index is 13.7. The van der Waals surface area contributed by atoms with E-state index in [1.165, 1.54) is 12.1 Å². The van der Waals surface area contributed by atoms with E-state index in [0.717, 1.165) is 0 Å². The van der Waals surface area contributed by atoms with Crippen LogP contribution in [0.1, 0.15) is 15.9 Å². The molecule has 4 heteroatoms. The molecule has 2 aliphatic rings. The van der Waals surface area contributed by atoms with Crippen molar-refractivity contribution in [1.82, 2.24) is 0 Å². The van der Waals surface area contributed by atoms with E-state index in [9.17, 15) is 18.4 Å². The highest BCUT2D eigenvalue weighted by atomic mass is 19.2. The second-order valence-electron chi connectivity index (χ2n) is 4.02. The number of Topliss-reactive ketones (excluding diaryl/α,β-unsaturated/α-hetero) is 1. The topological polar surface area (TPSA) is 34.1 Å². The summed E-state index contributed by atoms with van der Waals surface area (Å²) in [6.07, 6.45) is 1.97. The van der Waals surface area contributed by atoms with Crippen LogP contribution in [0.15, 0.2) is 53.1 Å². The molecule has 0 aliphatic heterocycles. The maximum Gasteiger partial charge on any atom is 0.197 e. The molecule has 18 heavy (non-hydrogen) atoms. The molecule has 0 fully saturated rings. The number of hydrogen-bond donors (Lipinski definition) is 0. The Morgan fingerprint density at radius 3 is 2.44 bits per heavy atom. The summed E-state index contributed by atoms with van der Waals surface area (Å²) in [6, 6.07) is 6.51. The van der Waals surface area contributed by atoms with Crippen LogP contribution in [0, 0.1) is 0 Å². The molecule has 0 atom stereocenters. The van der Waals surface area contributed by atoms with Crippen LogP contribution in [0.25, 0.3) is 6.08 Å². The van der Waals surface area contributed by atoms with Gasteiger partial charge >= 0.3 is 0 Å². The molecular formula is C14H6F2O2. The number of carbonyl (C=O) groups excluding carboxylic acids is 2. The predicted molar refractivity (Wildman–Crippen MR) is 61.1 cm³/mol. The van der Waals surface area contributed by atoms with Crippen molar-refractivity contribution in [3.05, 3.63) is 64.3 Å². The molecule has 1 aromatic carbocycles. The van der Waals surface area contributed by atoms with Gasteiger partial charge in [-0.05, 0) is 11.6 Å². The lowest BCUT2D eigenvalue weighted by atomic mass is 9.82. The fourth-order valence-electron chi connectivity index (χ4n) is 2.10. The monoisotopic (exact) mass is 244 g/mol. The average molecular weight is 244 g/mol. The van der Waals surface area contributed by atoms with E-state index >= 15 is 0 Å². The molecule has 0 saturated carbocycles. The van der Waals surface area contributed by atoms with E-state index in [1.807, 2.05) is 0 Å². The number of fused-ring (bicyclic) bond motifs is 2. The second kappa shape index (κ2) is 3.57. The van der Waals surface area contributed by atoms with Crippen molar-refractivity contribution < 1.29 is 18.4 Å². The van der Waals surface area contributed by atoms with Gasteiger partial charge in [0.1, 0.15) is 0 Å². The highest BCUT2D eigenvalue weighted by Gasteiger charge is 2.34. The summed E-state index contributed by atoms with van der Waals surface area (Å²) in [5.41, 5.74) is 0.253. The summed E-state index contributed by atoms with van der Waals surface area (Å²) in [4.78, 5) is 23.7. The lowest BCUT2D eigenvalue weighted by molar-refractivity contribution is -0.111. The summed E-state index contributed by atoms with van der Waals surface area (Å²) in [7, 11) is 0. The predicted octanol–water partition coefficient (Wildman–Crippen LogP) is 2.93. The summed E-state index contributed by atoms with van der Waals surface area (Å²) < 4.78 is 26.8. The first-order valence-electron chi connectivity index (χ1n) is 5.27. The molecule has 0 radical (unpaired) electrons. The number of rotatable bonds is 0. The summed E-state index contributed by atoms with van der Waals surface area (Å²) in [6.45, 7) is 0. The van der Waals surface area contributed by atoms with Crippen LogP contribution < -0.4 is 0 Å². The van der Waals surface area contributed by atoms with Crippen molar-refractivity contribution in [2.75, 3.05) is 0 Å². The average Bonchev–Trinajstić information content (AvgIpc) is 2.36. The molecule has 0 unspecified atom stereocenters. The van der Waals surface area contributed by atoms with Crippen molar-refractivity contribution in [1.29, 1.82) is 0 Å². The molecule has 0 heterocycles. The fraction of sp³-hybridized carbons (Fsp3) is 0. The van der Waals surface area contributed by atoms with Gasteiger partial charge in [-0.1, -0.05) is 24.3 Å². The van der Waals surface area contributed by atoms with Crippen molar-refractivity contribution in [2.24, 2.45) is 0 Å². The van der Waals surface area contributed by atoms with Crippen LogP contribution in [0.4, 0.5) is 8.78 Å². The Bertz CT molecular complexity index is 694. The quantitative estimate of drug-likeness (QED) is 0.703. The molecular weight excluding hydrogens is 238 g/mol. The zero-order valence-corrected chi connectivity index (χ0v) is 9.04. The zero-order chi connectivity index (χ0) is 12.9. The van der Waals surface area contributed by atoms with Gasteiger partial charge in [0.25, 0.3) is 0 Å². The molecule has 0 amide bonds. The molecule has 2 aliphatic carbocycles. The van der Waals surface area contributed by atoms with E-state index in [2.05, 4.69) is 0 Å². The van der Waals surface area contributed by atoms with Crippen LogP contribution in [-0.4, -0.2) is 11.6 Å². The third-order valence-electron chi connectivity index (χ3n) is 2.95. The molecule has 88 valence electrons. The van der Waals surface area contributed by atoms with E-state index in [1.54, 1.807) is 18.2 Å². The minimum absolute atomic E-state index is 0.0856. The maximum absolute atomic E-state index is 13.7. The number of benzene rings is 1. The van der Waals surface area contributed by atoms with Crippen LogP contribution in [0.2, 0.25) is 0 Å². The number of halogens is 2. The minimum atomic E-state index is -1.29. The first-order valence-corrected chi connectivity index (χ1v) is 5.27. The first kappa shape index (κ1) is 10.8. The van der Waals surface area contributed by atoms with Crippen LogP contribution in [0.5, 0.6) is 0 Å². The Hall–Kier alpha value is -2.36. The number of ketones is 2. The molecule has 0 aromatic heterocycles. The van der Waals surface area contributed by atoms with Crippen LogP contribution in [0.3, 0.4) is 0 Å². The Morgan fingerprint density at radius 2 is 1.67 bits per heavy atom. The Balaban J connectivity index is 2.34. The molecule has 3 rings (SSSR count). The largest absolute Gasteiger partial charge is 0.289 e. The van der Waals surface area contributed by atoms with Crippen LogP contribution >= 0.6 is 0 Å². The summed E-state index contributed by atoms with van der Waals surface area (Å²) >= 11 is 0. The van der Waals surface area contributed by atoms with Gasteiger partial charge < -0.3 is 0 Å². The number of allylic oxidation sites excluding steroid dienone is 5. The van der Waals surface area contributed by atoms with Crippen molar-refractivity contribution in [3.63, 3.8) is 0 Å². The Kier molecular flexibility index (Phi) is 2.13. The first-order chi connectivity index (χ1) is 8.59. The SMILES string of the molecule is O=C1C=C(F)C(F)=C2C(=O)c3ccccc3C=C12. The standard InChI is InChI=1S/C14H6F2O2/c15-10-6-11(17)9-5-7-3-1-2-4-8(7)14(18)12(9)13(10)16/h1-6H. The van der Waals surface area contributed by atoms with Gasteiger partial charge in [-0.2, -0.15) is 0 Å². The molecule has 0 spiro atoms. The third-order valence-corrected chi connectivity index (χ3v) is 2.95. The van der Waals surface area contributed by atoms with Crippen molar-refractivity contribution >= 4 is 17.6 Å². The van der Waals surface area contributed by atoms with Gasteiger partial charge in [0.15, 0.2) is 23.2 Å².